The molecule has 0 saturated heterocycles. The second-order valence-electron chi connectivity index (χ2n) is 3.36. The number of benzene rings is 1. The summed E-state index contributed by atoms with van der Waals surface area (Å²) in [5, 5.41) is 0. The first-order valence-electron chi connectivity index (χ1n) is 5.02. The Labute approximate surface area is 108 Å². The minimum Gasteiger partial charge on any atom is -0.398 e. The molecule has 1 nitrogen and oxygen atoms in total. The van der Waals surface area contributed by atoms with Crippen molar-refractivity contribution in [3.8, 4) is 0 Å². The van der Waals surface area contributed by atoms with E-state index < -0.39 is 0 Å². The molecule has 0 spiro atoms. The molecule has 4 heteroatoms. The van der Waals surface area contributed by atoms with Gasteiger partial charge in [0.05, 0.1) is 3.57 Å². The molecule has 0 aromatic heterocycles. The van der Waals surface area contributed by atoms with Gasteiger partial charge < -0.3 is 5.73 Å². The second kappa shape index (κ2) is 6.58. The molecule has 15 heavy (non-hydrogen) atoms. The lowest BCUT2D eigenvalue weighted by molar-refractivity contribution is 0.617. The third-order valence-electron chi connectivity index (χ3n) is 2.06. The van der Waals surface area contributed by atoms with Crippen LogP contribution in [0.3, 0.4) is 0 Å². The highest BCUT2D eigenvalue weighted by Crippen LogP contribution is 2.29. The van der Waals surface area contributed by atoms with Crippen LogP contribution in [0.5, 0.6) is 0 Å². The number of nitrogens with two attached hydrogens (primary N) is 1. The molecule has 1 aromatic rings. The lowest BCUT2D eigenvalue weighted by Gasteiger charge is -2.06. The molecule has 84 valence electrons. The molecule has 0 atom stereocenters. The van der Waals surface area contributed by atoms with Gasteiger partial charge in [0.2, 0.25) is 0 Å². The van der Waals surface area contributed by atoms with Crippen molar-refractivity contribution in [1.29, 1.82) is 0 Å². The van der Waals surface area contributed by atoms with E-state index in [-0.39, 0.29) is 5.82 Å². The Morgan fingerprint density at radius 1 is 1.40 bits per heavy atom. The van der Waals surface area contributed by atoms with E-state index in [0.29, 0.717) is 9.26 Å². The molecule has 1 aromatic carbocycles. The van der Waals surface area contributed by atoms with Crippen molar-refractivity contribution in [3.05, 3.63) is 21.5 Å². The smallest absolute Gasteiger partial charge is 0.137 e. The summed E-state index contributed by atoms with van der Waals surface area (Å²) in [6, 6.07) is 3.23. The molecule has 2 N–H and O–H groups in total. The summed E-state index contributed by atoms with van der Waals surface area (Å²) in [6.07, 6.45) is 3.59. The molecular formula is C11H15FINS. The fourth-order valence-electron chi connectivity index (χ4n) is 1.20. The fourth-order valence-corrected chi connectivity index (χ4v) is 2.68. The Bertz CT molecular complexity index is 331. The minimum absolute atomic E-state index is 0.178. The monoisotopic (exact) mass is 339 g/mol. The lowest BCUT2D eigenvalue weighted by atomic mass is 10.3. The summed E-state index contributed by atoms with van der Waals surface area (Å²) >= 11 is 3.59. The molecular weight excluding hydrogens is 324 g/mol. The average Bonchev–Trinajstić information content (AvgIpc) is 2.20. The molecule has 0 aliphatic rings. The van der Waals surface area contributed by atoms with Gasteiger partial charge in [-0.15, -0.1) is 11.8 Å². The number of unbranched alkanes of at least 4 members (excludes halogenated alkanes) is 2. The van der Waals surface area contributed by atoms with Crippen LogP contribution in [-0.2, 0) is 0 Å². The first kappa shape index (κ1) is 13.1. The predicted molar refractivity (Wildman–Crippen MR) is 73.8 cm³/mol. The molecule has 0 bridgehead atoms. The van der Waals surface area contributed by atoms with Crippen molar-refractivity contribution < 1.29 is 4.39 Å². The number of thioether (sulfide) groups is 1. The third kappa shape index (κ3) is 4.18. The topological polar surface area (TPSA) is 26.0 Å². The van der Waals surface area contributed by atoms with E-state index in [0.717, 1.165) is 17.1 Å². The van der Waals surface area contributed by atoms with E-state index in [1.165, 1.54) is 18.9 Å². The highest BCUT2D eigenvalue weighted by molar-refractivity contribution is 14.1. The van der Waals surface area contributed by atoms with Crippen molar-refractivity contribution in [2.45, 2.75) is 31.1 Å². The molecule has 0 saturated carbocycles. The Balaban J connectivity index is 2.57. The van der Waals surface area contributed by atoms with Crippen LogP contribution in [-0.4, -0.2) is 5.75 Å². The van der Waals surface area contributed by atoms with Gasteiger partial charge in [-0.3, -0.25) is 0 Å². The van der Waals surface area contributed by atoms with Gasteiger partial charge in [-0.1, -0.05) is 19.8 Å². The minimum atomic E-state index is -0.178. The average molecular weight is 339 g/mol. The molecule has 1 rings (SSSR count). The van der Waals surface area contributed by atoms with Crippen molar-refractivity contribution in [3.63, 3.8) is 0 Å². The molecule has 0 amide bonds. The number of halogens is 2. The van der Waals surface area contributed by atoms with Gasteiger partial charge in [-0.2, -0.15) is 0 Å². The van der Waals surface area contributed by atoms with Gasteiger partial charge in [0.15, 0.2) is 0 Å². The third-order valence-corrected chi connectivity index (χ3v) is 4.04. The van der Waals surface area contributed by atoms with Gasteiger partial charge in [0.1, 0.15) is 5.82 Å². The van der Waals surface area contributed by atoms with Gasteiger partial charge >= 0.3 is 0 Å². The Morgan fingerprint density at radius 2 is 2.13 bits per heavy atom. The van der Waals surface area contributed by atoms with Crippen molar-refractivity contribution >= 4 is 40.0 Å². The van der Waals surface area contributed by atoms with Crippen LogP contribution < -0.4 is 5.73 Å². The zero-order valence-corrected chi connectivity index (χ0v) is 11.7. The predicted octanol–water partition coefficient (Wildman–Crippen LogP) is 4.29. The Morgan fingerprint density at radius 3 is 2.80 bits per heavy atom. The van der Waals surface area contributed by atoms with Crippen LogP contribution in [0.1, 0.15) is 26.2 Å². The normalized spacial score (nSPS) is 10.6. The van der Waals surface area contributed by atoms with Gasteiger partial charge in [0.25, 0.3) is 0 Å². The zero-order chi connectivity index (χ0) is 11.3. The Hall–Kier alpha value is 0.0300. The van der Waals surface area contributed by atoms with E-state index in [9.17, 15) is 4.39 Å². The van der Waals surface area contributed by atoms with Gasteiger partial charge in [0, 0.05) is 10.6 Å². The summed E-state index contributed by atoms with van der Waals surface area (Å²) in [6.45, 7) is 2.17. The zero-order valence-electron chi connectivity index (χ0n) is 8.72. The first-order chi connectivity index (χ1) is 7.15. The number of nitrogen functional groups attached to an aromatic ring is 1. The highest BCUT2D eigenvalue weighted by Gasteiger charge is 2.05. The van der Waals surface area contributed by atoms with Crippen molar-refractivity contribution in [1.82, 2.24) is 0 Å². The summed E-state index contributed by atoms with van der Waals surface area (Å²) in [5.41, 5.74) is 6.50. The first-order valence-corrected chi connectivity index (χ1v) is 7.09. The Kier molecular flexibility index (Phi) is 5.74. The lowest BCUT2D eigenvalue weighted by Crippen LogP contribution is -1.93. The van der Waals surface area contributed by atoms with Crippen LogP contribution in [0.25, 0.3) is 0 Å². The van der Waals surface area contributed by atoms with E-state index in [1.807, 2.05) is 22.6 Å². The maximum absolute atomic E-state index is 13.3. The van der Waals surface area contributed by atoms with E-state index in [1.54, 1.807) is 17.8 Å². The molecule has 0 aliphatic carbocycles. The summed E-state index contributed by atoms with van der Waals surface area (Å²) < 4.78 is 13.8. The van der Waals surface area contributed by atoms with Gasteiger partial charge in [-0.25, -0.2) is 4.39 Å². The molecule has 0 heterocycles. The molecule has 0 radical (unpaired) electrons. The number of hydrogen-bond donors (Lipinski definition) is 1. The van der Waals surface area contributed by atoms with Crippen LogP contribution in [0.4, 0.5) is 10.1 Å². The van der Waals surface area contributed by atoms with Crippen LogP contribution in [0.2, 0.25) is 0 Å². The van der Waals surface area contributed by atoms with Crippen LogP contribution in [0.15, 0.2) is 17.0 Å². The van der Waals surface area contributed by atoms with E-state index in [4.69, 9.17) is 5.73 Å². The number of hydrogen-bond acceptors (Lipinski definition) is 2. The fraction of sp³-hybridized carbons (Fsp3) is 0.455. The SMILES string of the molecule is CCCCCSc1cc(F)c(I)cc1N. The standard InChI is InChI=1S/C11H15FINS/c1-2-3-4-5-15-11-6-8(12)9(13)7-10(11)14/h6-7H,2-5,14H2,1H3. The van der Waals surface area contributed by atoms with Crippen molar-refractivity contribution in [2.75, 3.05) is 11.5 Å². The maximum atomic E-state index is 13.3. The molecule has 0 unspecified atom stereocenters. The van der Waals surface area contributed by atoms with Gasteiger partial charge in [-0.05, 0) is 46.9 Å². The van der Waals surface area contributed by atoms with Crippen LogP contribution in [0, 0.1) is 9.39 Å². The van der Waals surface area contributed by atoms with Crippen LogP contribution >= 0.6 is 34.4 Å². The molecule has 0 aliphatic heterocycles. The summed E-state index contributed by atoms with van der Waals surface area (Å²) in [5.74, 6) is 0.834. The second-order valence-corrected chi connectivity index (χ2v) is 5.66. The largest absolute Gasteiger partial charge is 0.398 e. The number of anilines is 1. The highest BCUT2D eigenvalue weighted by atomic mass is 127. The maximum Gasteiger partial charge on any atom is 0.137 e. The quantitative estimate of drug-likeness (QED) is 0.375. The summed E-state index contributed by atoms with van der Waals surface area (Å²) in [4.78, 5) is 0.865. The van der Waals surface area contributed by atoms with E-state index in [2.05, 4.69) is 6.92 Å². The van der Waals surface area contributed by atoms with Crippen molar-refractivity contribution in [2.24, 2.45) is 0 Å². The van der Waals surface area contributed by atoms with E-state index >= 15 is 0 Å². The number of rotatable bonds is 5. The molecule has 0 fully saturated rings. The summed E-state index contributed by atoms with van der Waals surface area (Å²) in [7, 11) is 0.